The van der Waals surface area contributed by atoms with Crippen molar-refractivity contribution < 1.29 is 9.59 Å². The van der Waals surface area contributed by atoms with Crippen molar-refractivity contribution in [2.24, 2.45) is 11.3 Å². The Bertz CT molecular complexity index is 407. The Morgan fingerprint density at radius 3 is 2.61 bits per heavy atom. The first-order chi connectivity index (χ1) is 8.47. The van der Waals surface area contributed by atoms with Crippen molar-refractivity contribution >= 4 is 11.8 Å². The molecule has 2 aliphatic rings. The van der Waals surface area contributed by atoms with Crippen LogP contribution in [0.15, 0.2) is 0 Å². The summed E-state index contributed by atoms with van der Waals surface area (Å²) in [5, 5.41) is 12.1. The molecule has 1 heterocycles. The van der Waals surface area contributed by atoms with Gasteiger partial charge in [0.15, 0.2) is 0 Å². The van der Waals surface area contributed by atoms with Crippen LogP contribution in [0.4, 0.5) is 0 Å². The van der Waals surface area contributed by atoms with Crippen molar-refractivity contribution in [3.63, 3.8) is 0 Å². The van der Waals surface area contributed by atoms with Crippen LogP contribution in [0.1, 0.15) is 33.1 Å². The van der Waals surface area contributed by atoms with Crippen LogP contribution in [-0.4, -0.2) is 35.8 Å². The highest BCUT2D eigenvalue weighted by atomic mass is 16.2. The molecule has 2 rings (SSSR count). The normalized spacial score (nSPS) is 34.6. The van der Waals surface area contributed by atoms with Crippen molar-refractivity contribution in [3.8, 4) is 6.07 Å². The second-order valence-electron chi connectivity index (χ2n) is 5.64. The standard InChI is InChI=1S/C13H19N3O2/c1-9-5-13(6-9,8-14)12(18)16-4-3-11(7-16)15-10(2)17/h9,11H,3-7H2,1-2H3,(H,15,17). The van der Waals surface area contributed by atoms with Gasteiger partial charge in [0, 0.05) is 26.1 Å². The zero-order valence-corrected chi connectivity index (χ0v) is 10.9. The number of likely N-dealkylation sites (tertiary alicyclic amines) is 1. The highest BCUT2D eigenvalue weighted by Crippen LogP contribution is 2.46. The van der Waals surface area contributed by atoms with Crippen LogP contribution < -0.4 is 5.32 Å². The monoisotopic (exact) mass is 249 g/mol. The fourth-order valence-electron chi connectivity index (χ4n) is 3.10. The van der Waals surface area contributed by atoms with Gasteiger partial charge in [0.2, 0.25) is 11.8 Å². The number of carbonyl (C=O) groups excluding carboxylic acids is 2. The van der Waals surface area contributed by atoms with Crippen LogP contribution in [0.25, 0.3) is 0 Å². The summed E-state index contributed by atoms with van der Waals surface area (Å²) in [5.41, 5.74) is -0.787. The number of hydrogen-bond donors (Lipinski definition) is 1. The molecule has 0 aromatic rings. The molecule has 1 aliphatic carbocycles. The van der Waals surface area contributed by atoms with Crippen LogP contribution in [0.5, 0.6) is 0 Å². The molecule has 18 heavy (non-hydrogen) atoms. The van der Waals surface area contributed by atoms with Crippen LogP contribution in [0, 0.1) is 22.7 Å². The lowest BCUT2D eigenvalue weighted by molar-refractivity contribution is -0.144. The molecule has 0 radical (unpaired) electrons. The first kappa shape index (κ1) is 12.9. The van der Waals surface area contributed by atoms with Gasteiger partial charge in [0.25, 0.3) is 0 Å². The molecule has 2 fully saturated rings. The maximum atomic E-state index is 12.3. The minimum atomic E-state index is -0.787. The van der Waals surface area contributed by atoms with E-state index in [2.05, 4.69) is 18.3 Å². The Hall–Kier alpha value is -1.57. The van der Waals surface area contributed by atoms with Crippen molar-refractivity contribution in [1.29, 1.82) is 5.26 Å². The number of hydrogen-bond acceptors (Lipinski definition) is 3. The first-order valence-electron chi connectivity index (χ1n) is 6.44. The van der Waals surface area contributed by atoms with E-state index in [1.165, 1.54) is 6.92 Å². The van der Waals surface area contributed by atoms with Gasteiger partial charge in [-0.2, -0.15) is 5.26 Å². The fraction of sp³-hybridized carbons (Fsp3) is 0.769. The van der Waals surface area contributed by atoms with Crippen LogP contribution in [0.3, 0.4) is 0 Å². The molecule has 98 valence electrons. The Morgan fingerprint density at radius 1 is 1.44 bits per heavy atom. The number of nitriles is 1. The van der Waals surface area contributed by atoms with Crippen LogP contribution in [-0.2, 0) is 9.59 Å². The highest BCUT2D eigenvalue weighted by Gasteiger charge is 2.51. The Labute approximate surface area is 107 Å². The molecule has 0 bridgehead atoms. The maximum Gasteiger partial charge on any atom is 0.243 e. The molecule has 5 nitrogen and oxygen atoms in total. The number of rotatable bonds is 2. The lowest BCUT2D eigenvalue weighted by atomic mass is 9.63. The summed E-state index contributed by atoms with van der Waals surface area (Å²) in [5.74, 6) is 0.347. The molecule has 2 amide bonds. The smallest absolute Gasteiger partial charge is 0.243 e. The topological polar surface area (TPSA) is 73.2 Å². The van der Waals surface area contributed by atoms with E-state index in [9.17, 15) is 14.9 Å². The van der Waals surface area contributed by atoms with Gasteiger partial charge in [0.05, 0.1) is 6.07 Å². The molecule has 0 aromatic carbocycles. The van der Waals surface area contributed by atoms with E-state index in [-0.39, 0.29) is 17.9 Å². The van der Waals surface area contributed by atoms with Gasteiger partial charge in [0.1, 0.15) is 5.41 Å². The Balaban J connectivity index is 1.95. The first-order valence-corrected chi connectivity index (χ1v) is 6.44. The summed E-state index contributed by atoms with van der Waals surface area (Å²) >= 11 is 0. The van der Waals surface area contributed by atoms with Crippen molar-refractivity contribution in [1.82, 2.24) is 10.2 Å². The van der Waals surface area contributed by atoms with Crippen LogP contribution >= 0.6 is 0 Å². The van der Waals surface area contributed by atoms with Crippen molar-refractivity contribution in [2.75, 3.05) is 13.1 Å². The Morgan fingerprint density at radius 2 is 2.11 bits per heavy atom. The molecular formula is C13H19N3O2. The van der Waals surface area contributed by atoms with Gasteiger partial charge >= 0.3 is 0 Å². The van der Waals surface area contributed by atoms with E-state index in [1.807, 2.05) is 0 Å². The molecule has 0 spiro atoms. The second-order valence-corrected chi connectivity index (χ2v) is 5.64. The van der Waals surface area contributed by atoms with Gasteiger partial charge in [-0.3, -0.25) is 9.59 Å². The minimum absolute atomic E-state index is 0.0414. The molecule has 1 aliphatic heterocycles. The summed E-state index contributed by atoms with van der Waals surface area (Å²) in [6, 6.07) is 2.24. The summed E-state index contributed by atoms with van der Waals surface area (Å²) in [6.45, 7) is 4.72. The molecule has 1 saturated carbocycles. The lowest BCUT2D eigenvalue weighted by Gasteiger charge is -2.41. The predicted molar refractivity (Wildman–Crippen MR) is 65.2 cm³/mol. The van der Waals surface area contributed by atoms with E-state index in [4.69, 9.17) is 0 Å². The highest BCUT2D eigenvalue weighted by molar-refractivity contribution is 5.87. The van der Waals surface area contributed by atoms with Crippen molar-refractivity contribution in [3.05, 3.63) is 0 Å². The number of nitrogens with zero attached hydrogens (tertiary/aromatic N) is 2. The van der Waals surface area contributed by atoms with E-state index < -0.39 is 5.41 Å². The minimum Gasteiger partial charge on any atom is -0.352 e. The van der Waals surface area contributed by atoms with Gasteiger partial charge in [-0.1, -0.05) is 6.92 Å². The zero-order valence-electron chi connectivity index (χ0n) is 10.9. The van der Waals surface area contributed by atoms with Crippen molar-refractivity contribution in [2.45, 2.75) is 39.2 Å². The molecule has 1 atom stereocenters. The van der Waals surface area contributed by atoms with Gasteiger partial charge in [-0.05, 0) is 25.2 Å². The van der Waals surface area contributed by atoms with E-state index in [0.29, 0.717) is 31.8 Å². The van der Waals surface area contributed by atoms with Gasteiger partial charge in [-0.25, -0.2) is 0 Å². The number of nitrogens with one attached hydrogen (secondary N) is 1. The average Bonchev–Trinajstić information content (AvgIpc) is 2.71. The SMILES string of the molecule is CC(=O)NC1CCN(C(=O)C2(C#N)CC(C)C2)C1. The number of amides is 2. The third-order valence-electron chi connectivity index (χ3n) is 3.90. The summed E-state index contributed by atoms with van der Waals surface area (Å²) in [7, 11) is 0. The fourth-order valence-corrected chi connectivity index (χ4v) is 3.10. The third-order valence-corrected chi connectivity index (χ3v) is 3.90. The predicted octanol–water partition coefficient (Wildman–Crippen LogP) is 0.663. The lowest BCUT2D eigenvalue weighted by Crippen LogP contribution is -2.50. The van der Waals surface area contributed by atoms with Gasteiger partial charge in [-0.15, -0.1) is 0 Å². The van der Waals surface area contributed by atoms with Crippen LogP contribution in [0.2, 0.25) is 0 Å². The van der Waals surface area contributed by atoms with Gasteiger partial charge < -0.3 is 10.2 Å². The summed E-state index contributed by atoms with van der Waals surface area (Å²) < 4.78 is 0. The zero-order chi connectivity index (χ0) is 13.3. The van der Waals surface area contributed by atoms with E-state index in [0.717, 1.165) is 6.42 Å². The largest absolute Gasteiger partial charge is 0.352 e. The average molecular weight is 249 g/mol. The molecule has 1 saturated heterocycles. The molecule has 1 unspecified atom stereocenters. The second kappa shape index (κ2) is 4.60. The summed E-state index contributed by atoms with van der Waals surface area (Å²) in [4.78, 5) is 25.1. The summed E-state index contributed by atoms with van der Waals surface area (Å²) in [6.07, 6.45) is 2.12. The molecule has 0 aromatic heterocycles. The Kier molecular flexibility index (Phi) is 3.29. The maximum absolute atomic E-state index is 12.3. The third kappa shape index (κ3) is 2.20. The quantitative estimate of drug-likeness (QED) is 0.781. The van der Waals surface area contributed by atoms with E-state index >= 15 is 0 Å². The van der Waals surface area contributed by atoms with E-state index in [1.54, 1.807) is 4.90 Å². The molecule has 5 heteroatoms. The number of carbonyl (C=O) groups is 2. The molecular weight excluding hydrogens is 230 g/mol. The molecule has 1 N–H and O–H groups in total.